The highest BCUT2D eigenvalue weighted by atomic mass is 79.9. The van der Waals surface area contributed by atoms with Gasteiger partial charge in [0.05, 0.1) is 0 Å². The Bertz CT molecular complexity index is 312. The van der Waals surface area contributed by atoms with E-state index in [1.54, 1.807) is 0 Å². The van der Waals surface area contributed by atoms with E-state index in [1.807, 2.05) is 18.7 Å². The largest absolute Gasteiger partial charge is 0.328 e. The zero-order valence-corrected chi connectivity index (χ0v) is 11.7. The van der Waals surface area contributed by atoms with Crippen LogP contribution >= 0.6 is 27.7 Å². The summed E-state index contributed by atoms with van der Waals surface area (Å²) in [7, 11) is 0. The Morgan fingerprint density at radius 3 is 2.73 bits per heavy atom. The summed E-state index contributed by atoms with van der Waals surface area (Å²) in [6, 6.07) is 6.77. The van der Waals surface area contributed by atoms with Crippen LogP contribution in [0.4, 0.5) is 0 Å². The molecule has 1 atom stereocenters. The molecule has 1 nitrogen and oxygen atoms in total. The first kappa shape index (κ1) is 13.1. The van der Waals surface area contributed by atoms with Gasteiger partial charge in [0.1, 0.15) is 0 Å². The number of hydrogen-bond donors (Lipinski definition) is 1. The van der Waals surface area contributed by atoms with Crippen molar-refractivity contribution in [1.29, 1.82) is 0 Å². The highest BCUT2D eigenvalue weighted by Gasteiger charge is 2.03. The summed E-state index contributed by atoms with van der Waals surface area (Å²) in [5.74, 6) is 1.17. The smallest absolute Gasteiger partial charge is 0.0313 e. The number of rotatable bonds is 5. The molecule has 1 unspecified atom stereocenters. The fourth-order valence-corrected chi connectivity index (χ4v) is 2.93. The van der Waals surface area contributed by atoms with Crippen molar-refractivity contribution >= 4 is 27.7 Å². The second-order valence-electron chi connectivity index (χ2n) is 3.79. The molecule has 0 amide bonds. The highest BCUT2D eigenvalue weighted by Crippen LogP contribution is 2.29. The van der Waals surface area contributed by atoms with Crippen LogP contribution in [0, 0.1) is 0 Å². The summed E-state index contributed by atoms with van der Waals surface area (Å²) in [6.07, 6.45) is 2.15. The molecule has 0 bridgehead atoms. The van der Waals surface area contributed by atoms with Gasteiger partial charge in [-0.2, -0.15) is 0 Å². The Hall–Kier alpha value is 0.01000. The minimum atomic E-state index is 0.228. The van der Waals surface area contributed by atoms with Gasteiger partial charge in [0.15, 0.2) is 0 Å². The maximum atomic E-state index is 5.77. The van der Waals surface area contributed by atoms with Gasteiger partial charge >= 0.3 is 0 Å². The minimum Gasteiger partial charge on any atom is -0.328 e. The molecule has 15 heavy (non-hydrogen) atoms. The lowest BCUT2D eigenvalue weighted by atomic mass is 10.1. The van der Waals surface area contributed by atoms with Gasteiger partial charge in [0, 0.05) is 15.4 Å². The van der Waals surface area contributed by atoms with Crippen LogP contribution in [0.1, 0.15) is 25.8 Å². The molecule has 2 N–H and O–H groups in total. The van der Waals surface area contributed by atoms with E-state index in [-0.39, 0.29) is 6.04 Å². The Morgan fingerprint density at radius 2 is 2.20 bits per heavy atom. The first-order valence-electron chi connectivity index (χ1n) is 5.30. The number of hydrogen-bond acceptors (Lipinski definition) is 2. The topological polar surface area (TPSA) is 26.0 Å². The van der Waals surface area contributed by atoms with Crippen molar-refractivity contribution in [3.63, 3.8) is 0 Å². The van der Waals surface area contributed by atoms with E-state index in [0.717, 1.165) is 6.42 Å². The van der Waals surface area contributed by atoms with Crippen LogP contribution in [0.2, 0.25) is 0 Å². The van der Waals surface area contributed by atoms with Gasteiger partial charge in [0.25, 0.3) is 0 Å². The molecule has 0 aromatic heterocycles. The predicted molar refractivity (Wildman–Crippen MR) is 72.5 cm³/mol. The molecule has 0 saturated heterocycles. The molecular weight excluding hydrogens is 270 g/mol. The van der Waals surface area contributed by atoms with Crippen LogP contribution in [0.25, 0.3) is 0 Å². The summed E-state index contributed by atoms with van der Waals surface area (Å²) >= 11 is 5.50. The average Bonchev–Trinajstić information content (AvgIpc) is 2.15. The SMILES string of the molecule is CCCSc1ccc(CC(C)N)cc1Br. The maximum absolute atomic E-state index is 5.77. The number of thioether (sulfide) groups is 1. The summed E-state index contributed by atoms with van der Waals surface area (Å²) in [6.45, 7) is 4.24. The second kappa shape index (κ2) is 6.56. The molecule has 84 valence electrons. The van der Waals surface area contributed by atoms with Crippen LogP contribution in [0.15, 0.2) is 27.6 Å². The van der Waals surface area contributed by atoms with E-state index in [2.05, 4.69) is 41.1 Å². The zero-order valence-electron chi connectivity index (χ0n) is 9.29. The molecule has 0 spiro atoms. The predicted octanol–water partition coefficient (Wildman–Crippen LogP) is 3.84. The summed E-state index contributed by atoms with van der Waals surface area (Å²) in [5.41, 5.74) is 7.08. The fourth-order valence-electron chi connectivity index (χ4n) is 1.37. The molecule has 1 aromatic rings. The number of nitrogens with two attached hydrogens (primary N) is 1. The molecule has 1 rings (SSSR count). The van der Waals surface area contributed by atoms with Gasteiger partial charge in [-0.1, -0.05) is 13.0 Å². The van der Waals surface area contributed by atoms with E-state index in [9.17, 15) is 0 Å². The Labute approximate surface area is 105 Å². The molecule has 0 aliphatic carbocycles. The second-order valence-corrected chi connectivity index (χ2v) is 5.79. The number of benzene rings is 1. The van der Waals surface area contributed by atoms with Crippen molar-refractivity contribution in [3.8, 4) is 0 Å². The van der Waals surface area contributed by atoms with Crippen molar-refractivity contribution < 1.29 is 0 Å². The maximum Gasteiger partial charge on any atom is 0.0313 e. The standard InChI is InChI=1S/C12H18BrNS/c1-3-6-15-12-5-4-10(7-9(2)14)8-11(12)13/h4-5,8-9H,3,6-7,14H2,1-2H3. The van der Waals surface area contributed by atoms with E-state index in [1.165, 1.54) is 27.1 Å². The number of halogens is 1. The van der Waals surface area contributed by atoms with Gasteiger partial charge in [0.2, 0.25) is 0 Å². The highest BCUT2D eigenvalue weighted by molar-refractivity contribution is 9.10. The zero-order chi connectivity index (χ0) is 11.3. The van der Waals surface area contributed by atoms with Crippen molar-refractivity contribution in [2.75, 3.05) is 5.75 Å². The van der Waals surface area contributed by atoms with Crippen molar-refractivity contribution in [3.05, 3.63) is 28.2 Å². The van der Waals surface area contributed by atoms with Crippen LogP contribution in [-0.4, -0.2) is 11.8 Å². The molecule has 3 heteroatoms. The average molecular weight is 288 g/mol. The quantitative estimate of drug-likeness (QED) is 0.833. The van der Waals surface area contributed by atoms with Gasteiger partial charge in [-0.15, -0.1) is 11.8 Å². The van der Waals surface area contributed by atoms with Gasteiger partial charge in [-0.05, 0) is 59.1 Å². The molecule has 0 aliphatic heterocycles. The van der Waals surface area contributed by atoms with E-state index >= 15 is 0 Å². The van der Waals surface area contributed by atoms with Gasteiger partial charge in [-0.25, -0.2) is 0 Å². The van der Waals surface area contributed by atoms with Crippen LogP contribution < -0.4 is 5.73 Å². The van der Waals surface area contributed by atoms with Crippen LogP contribution in [0.3, 0.4) is 0 Å². The normalized spacial score (nSPS) is 12.8. The van der Waals surface area contributed by atoms with Crippen LogP contribution in [-0.2, 0) is 6.42 Å². The summed E-state index contributed by atoms with van der Waals surface area (Å²) < 4.78 is 1.19. The Kier molecular flexibility index (Phi) is 5.72. The lowest BCUT2D eigenvalue weighted by Gasteiger charge is -2.08. The molecule has 0 aliphatic rings. The lowest BCUT2D eigenvalue weighted by Crippen LogP contribution is -2.17. The molecule has 0 saturated carbocycles. The fraction of sp³-hybridized carbons (Fsp3) is 0.500. The van der Waals surface area contributed by atoms with Crippen molar-refractivity contribution in [2.24, 2.45) is 5.73 Å². The minimum absolute atomic E-state index is 0.228. The molecule has 0 heterocycles. The van der Waals surface area contributed by atoms with Gasteiger partial charge in [-0.3, -0.25) is 0 Å². The van der Waals surface area contributed by atoms with Crippen LogP contribution in [0.5, 0.6) is 0 Å². The van der Waals surface area contributed by atoms with Crippen molar-refractivity contribution in [2.45, 2.75) is 37.6 Å². The monoisotopic (exact) mass is 287 g/mol. The summed E-state index contributed by atoms with van der Waals surface area (Å²) in [4.78, 5) is 1.32. The Balaban J connectivity index is 2.69. The summed E-state index contributed by atoms with van der Waals surface area (Å²) in [5, 5.41) is 0. The van der Waals surface area contributed by atoms with E-state index < -0.39 is 0 Å². The molecule has 0 fully saturated rings. The molecule has 1 aromatic carbocycles. The van der Waals surface area contributed by atoms with Gasteiger partial charge < -0.3 is 5.73 Å². The third-order valence-electron chi connectivity index (χ3n) is 2.02. The van der Waals surface area contributed by atoms with E-state index in [4.69, 9.17) is 5.73 Å². The van der Waals surface area contributed by atoms with E-state index in [0.29, 0.717) is 0 Å². The lowest BCUT2D eigenvalue weighted by molar-refractivity contribution is 0.737. The third-order valence-corrected chi connectivity index (χ3v) is 4.21. The van der Waals surface area contributed by atoms with Crippen molar-refractivity contribution in [1.82, 2.24) is 0 Å². The first-order chi connectivity index (χ1) is 7.13. The first-order valence-corrected chi connectivity index (χ1v) is 7.08. The molecular formula is C12H18BrNS. The third kappa shape index (κ3) is 4.58. The Morgan fingerprint density at radius 1 is 1.47 bits per heavy atom. The molecule has 0 radical (unpaired) electrons.